The third-order valence-electron chi connectivity index (χ3n) is 8.57. The van der Waals surface area contributed by atoms with Crippen molar-refractivity contribution >= 4 is 11.8 Å². The van der Waals surface area contributed by atoms with Gasteiger partial charge in [0, 0.05) is 31.1 Å². The maximum Gasteiger partial charge on any atom is 0.227 e. The third-order valence-corrected chi connectivity index (χ3v) is 8.57. The lowest BCUT2D eigenvalue weighted by Crippen LogP contribution is -2.54. The fourth-order valence-corrected chi connectivity index (χ4v) is 5.36. The largest absolute Gasteiger partial charge is 0.352 e. The van der Waals surface area contributed by atoms with Crippen LogP contribution < -0.4 is 5.32 Å². The standard InChI is InChI=1S/C22H37N3O2/c1-15(2)21(3,4)20(27)23-18-13-22(18)7-11-25(12-8-22)19(26)17-14-24-9-5-16(17)6-10-24/h15-18H,5-14H2,1-4H3,(H,23,27). The summed E-state index contributed by atoms with van der Waals surface area (Å²) < 4.78 is 0. The van der Waals surface area contributed by atoms with Gasteiger partial charge in [-0.3, -0.25) is 9.59 Å². The topological polar surface area (TPSA) is 52.7 Å². The van der Waals surface area contributed by atoms with Crippen LogP contribution in [-0.2, 0) is 9.59 Å². The Kier molecular flexibility index (Phi) is 4.81. The Labute approximate surface area is 164 Å². The molecule has 5 rings (SSSR count). The van der Waals surface area contributed by atoms with E-state index in [0.717, 1.165) is 38.9 Å². The lowest BCUT2D eigenvalue weighted by Gasteiger charge is -2.46. The summed E-state index contributed by atoms with van der Waals surface area (Å²) in [5.41, 5.74) is -0.0648. The highest BCUT2D eigenvalue weighted by molar-refractivity contribution is 5.83. The van der Waals surface area contributed by atoms with Crippen LogP contribution in [0.3, 0.4) is 0 Å². The van der Waals surface area contributed by atoms with E-state index < -0.39 is 0 Å². The van der Waals surface area contributed by atoms with Crippen LogP contribution in [0.2, 0.25) is 0 Å². The molecule has 2 unspecified atom stereocenters. The highest BCUT2D eigenvalue weighted by Gasteiger charge is 2.57. The molecular formula is C22H37N3O2. The van der Waals surface area contributed by atoms with Crippen molar-refractivity contribution in [2.75, 3.05) is 32.7 Å². The molecule has 5 heteroatoms. The molecule has 2 amide bonds. The average Bonchev–Trinajstić information content (AvgIpc) is 3.33. The first kappa shape index (κ1) is 19.2. The van der Waals surface area contributed by atoms with E-state index in [-0.39, 0.29) is 22.7 Å². The zero-order valence-corrected chi connectivity index (χ0v) is 17.6. The summed E-state index contributed by atoms with van der Waals surface area (Å²) in [6.45, 7) is 13.4. The van der Waals surface area contributed by atoms with Crippen LogP contribution in [0.5, 0.6) is 0 Å². The quantitative estimate of drug-likeness (QED) is 0.821. The van der Waals surface area contributed by atoms with Crippen LogP contribution in [0.15, 0.2) is 0 Å². The number of fused-ring (bicyclic) bond motifs is 3. The predicted octanol–water partition coefficient (Wildman–Crippen LogP) is 2.51. The number of carbonyl (C=O) groups excluding carboxylic acids is 2. The van der Waals surface area contributed by atoms with Crippen molar-refractivity contribution in [2.45, 2.75) is 65.8 Å². The zero-order valence-electron chi connectivity index (χ0n) is 17.6. The van der Waals surface area contributed by atoms with Crippen molar-refractivity contribution in [2.24, 2.45) is 28.6 Å². The summed E-state index contributed by atoms with van der Waals surface area (Å²) in [5, 5.41) is 3.32. The fraction of sp³-hybridized carbons (Fsp3) is 0.909. The van der Waals surface area contributed by atoms with Crippen molar-refractivity contribution in [3.8, 4) is 0 Å². The van der Waals surface area contributed by atoms with Crippen LogP contribution in [0, 0.1) is 28.6 Å². The first-order valence-electron chi connectivity index (χ1n) is 11.0. The highest BCUT2D eigenvalue weighted by atomic mass is 16.2. The van der Waals surface area contributed by atoms with Gasteiger partial charge in [-0.25, -0.2) is 0 Å². The van der Waals surface area contributed by atoms with Gasteiger partial charge in [-0.15, -0.1) is 0 Å². The van der Waals surface area contributed by atoms with Gasteiger partial charge >= 0.3 is 0 Å². The van der Waals surface area contributed by atoms with Crippen molar-refractivity contribution in [1.82, 2.24) is 15.1 Å². The first-order chi connectivity index (χ1) is 12.7. The second-order valence-corrected chi connectivity index (χ2v) is 10.5. The van der Waals surface area contributed by atoms with Gasteiger partial charge in [-0.05, 0) is 62.4 Å². The molecule has 152 valence electrons. The van der Waals surface area contributed by atoms with E-state index in [1.54, 1.807) is 0 Å². The van der Waals surface area contributed by atoms with Gasteiger partial charge in [0.1, 0.15) is 0 Å². The van der Waals surface area contributed by atoms with Crippen LogP contribution in [0.4, 0.5) is 0 Å². The Morgan fingerprint density at radius 2 is 1.70 bits per heavy atom. The summed E-state index contributed by atoms with van der Waals surface area (Å²) in [6, 6.07) is 0.317. The lowest BCUT2D eigenvalue weighted by molar-refractivity contribution is -0.143. The Balaban J connectivity index is 1.29. The van der Waals surface area contributed by atoms with Crippen molar-refractivity contribution in [1.29, 1.82) is 0 Å². The number of rotatable bonds is 4. The molecule has 1 saturated carbocycles. The number of carbonyl (C=O) groups is 2. The zero-order chi connectivity index (χ0) is 19.4. The normalized spacial score (nSPS) is 34.8. The fourth-order valence-electron chi connectivity index (χ4n) is 5.36. The van der Waals surface area contributed by atoms with Gasteiger partial charge in [0.2, 0.25) is 11.8 Å². The van der Waals surface area contributed by atoms with E-state index in [2.05, 4.69) is 29.0 Å². The molecule has 5 fully saturated rings. The molecule has 2 atom stereocenters. The molecule has 0 aromatic rings. The summed E-state index contributed by atoms with van der Waals surface area (Å²) in [7, 11) is 0. The van der Waals surface area contributed by atoms with Crippen LogP contribution >= 0.6 is 0 Å². The van der Waals surface area contributed by atoms with Crippen molar-refractivity contribution < 1.29 is 9.59 Å². The molecule has 1 aliphatic carbocycles. The minimum atomic E-state index is -0.323. The van der Waals surface area contributed by atoms with E-state index in [9.17, 15) is 9.59 Å². The van der Waals surface area contributed by atoms with Crippen molar-refractivity contribution in [3.05, 3.63) is 0 Å². The summed E-state index contributed by atoms with van der Waals surface area (Å²) in [5.74, 6) is 1.77. The van der Waals surface area contributed by atoms with Crippen LogP contribution in [0.25, 0.3) is 0 Å². The molecule has 1 N–H and O–H groups in total. The number of likely N-dealkylation sites (tertiary alicyclic amines) is 1. The number of hydrogen-bond donors (Lipinski definition) is 1. The van der Waals surface area contributed by atoms with Gasteiger partial charge in [-0.2, -0.15) is 0 Å². The van der Waals surface area contributed by atoms with E-state index in [0.29, 0.717) is 23.8 Å². The molecule has 4 saturated heterocycles. The maximum atomic E-state index is 13.1. The Morgan fingerprint density at radius 1 is 1.07 bits per heavy atom. The Morgan fingerprint density at radius 3 is 2.22 bits per heavy atom. The van der Waals surface area contributed by atoms with Gasteiger partial charge in [0.15, 0.2) is 0 Å². The molecule has 5 nitrogen and oxygen atoms in total. The summed E-state index contributed by atoms with van der Waals surface area (Å²) >= 11 is 0. The van der Waals surface area contributed by atoms with Crippen LogP contribution in [0.1, 0.15) is 59.8 Å². The molecule has 4 heterocycles. The SMILES string of the molecule is CC(C)C(C)(C)C(=O)NC1CC12CCN(C(=O)C1CN3CCC1CC3)CC2. The van der Waals surface area contributed by atoms with E-state index in [4.69, 9.17) is 0 Å². The second kappa shape index (κ2) is 6.75. The molecular weight excluding hydrogens is 338 g/mol. The number of hydrogen-bond acceptors (Lipinski definition) is 3. The van der Waals surface area contributed by atoms with E-state index in [1.165, 1.54) is 25.9 Å². The van der Waals surface area contributed by atoms with Gasteiger partial charge in [-0.1, -0.05) is 27.7 Å². The molecule has 5 aliphatic rings. The Hall–Kier alpha value is -1.10. The maximum absolute atomic E-state index is 13.1. The molecule has 2 bridgehead atoms. The summed E-state index contributed by atoms with van der Waals surface area (Å²) in [6.07, 6.45) is 5.59. The minimum absolute atomic E-state index is 0.185. The first-order valence-corrected chi connectivity index (χ1v) is 11.0. The van der Waals surface area contributed by atoms with Crippen molar-refractivity contribution in [3.63, 3.8) is 0 Å². The predicted molar refractivity (Wildman–Crippen MR) is 106 cm³/mol. The number of nitrogens with one attached hydrogen (secondary N) is 1. The van der Waals surface area contributed by atoms with Gasteiger partial charge < -0.3 is 15.1 Å². The smallest absolute Gasteiger partial charge is 0.227 e. The Bertz CT molecular complexity index is 599. The molecule has 1 spiro atoms. The number of piperidine rings is 4. The molecule has 27 heavy (non-hydrogen) atoms. The molecule has 0 radical (unpaired) electrons. The third kappa shape index (κ3) is 3.41. The highest BCUT2D eigenvalue weighted by Crippen LogP contribution is 2.54. The molecule has 0 aromatic heterocycles. The second-order valence-electron chi connectivity index (χ2n) is 10.5. The average molecular weight is 376 g/mol. The molecule has 4 aliphatic heterocycles. The van der Waals surface area contributed by atoms with Crippen LogP contribution in [-0.4, -0.2) is 60.4 Å². The van der Waals surface area contributed by atoms with Gasteiger partial charge in [0.05, 0.1) is 5.92 Å². The number of amides is 2. The lowest BCUT2D eigenvalue weighted by atomic mass is 9.78. The monoisotopic (exact) mass is 375 g/mol. The molecule has 0 aromatic carbocycles. The van der Waals surface area contributed by atoms with E-state index in [1.807, 2.05) is 13.8 Å². The van der Waals surface area contributed by atoms with E-state index >= 15 is 0 Å². The summed E-state index contributed by atoms with van der Waals surface area (Å²) in [4.78, 5) is 30.3. The van der Waals surface area contributed by atoms with Gasteiger partial charge in [0.25, 0.3) is 0 Å². The number of nitrogens with zero attached hydrogens (tertiary/aromatic N) is 2. The minimum Gasteiger partial charge on any atom is -0.352 e.